The molecule has 0 bridgehead atoms. The number of carbonyl (C=O) groups is 1. The van der Waals surface area contributed by atoms with E-state index in [9.17, 15) is 48.7 Å². The highest BCUT2D eigenvalue weighted by molar-refractivity contribution is 5.76. The number of hydrogen-bond donors (Lipinski definition) is 0. The largest absolute Gasteiger partial charge is 0.496 e. The van der Waals surface area contributed by atoms with Crippen LogP contribution in [0.1, 0.15) is 66.2 Å². The molecule has 4 nitrogen and oxygen atoms in total. The molecule has 0 radical (unpaired) electrons. The summed E-state index contributed by atoms with van der Waals surface area (Å²) in [6.45, 7) is 4.09. The smallest absolute Gasteiger partial charge is 0.416 e. The molecule has 14 heteroatoms. The molecule has 0 spiro atoms. The molecule has 0 N–H and O–H groups in total. The van der Waals surface area contributed by atoms with Crippen molar-refractivity contribution in [2.24, 2.45) is 0 Å². The summed E-state index contributed by atoms with van der Waals surface area (Å²) in [4.78, 5) is 13.8. The molecular formula is C30H25F10NO3. The van der Waals surface area contributed by atoms with Crippen molar-refractivity contribution in [3.8, 4) is 16.9 Å². The summed E-state index contributed by atoms with van der Waals surface area (Å²) in [5.41, 5.74) is -4.48. The fourth-order valence-electron chi connectivity index (χ4n) is 5.04. The minimum atomic E-state index is -5.16. The van der Waals surface area contributed by atoms with Crippen molar-refractivity contribution in [2.45, 2.75) is 63.9 Å². The Bertz CT molecular complexity index is 1530. The lowest BCUT2D eigenvalue weighted by atomic mass is 9.95. The number of rotatable bonds is 6. The Morgan fingerprint density at radius 3 is 1.89 bits per heavy atom. The lowest BCUT2D eigenvalue weighted by molar-refractivity contribution is -0.143. The van der Waals surface area contributed by atoms with Crippen LogP contribution in [0.3, 0.4) is 0 Å². The van der Waals surface area contributed by atoms with E-state index in [2.05, 4.69) is 0 Å². The summed E-state index contributed by atoms with van der Waals surface area (Å²) in [6.07, 6.45) is -17.9. The number of nitrogens with zero attached hydrogens (tertiary/aromatic N) is 1. The molecule has 0 aromatic heterocycles. The molecule has 3 atom stereocenters. The maximum absolute atomic E-state index is 14.7. The molecule has 0 aliphatic carbocycles. The van der Waals surface area contributed by atoms with Crippen molar-refractivity contribution in [3.63, 3.8) is 0 Å². The fourth-order valence-corrected chi connectivity index (χ4v) is 5.04. The van der Waals surface area contributed by atoms with Gasteiger partial charge in [0.1, 0.15) is 17.7 Å². The first kappa shape index (κ1) is 32.9. The van der Waals surface area contributed by atoms with Crippen molar-refractivity contribution in [1.29, 1.82) is 0 Å². The van der Waals surface area contributed by atoms with E-state index in [0.29, 0.717) is 12.1 Å². The van der Waals surface area contributed by atoms with Gasteiger partial charge in [-0.25, -0.2) is 9.18 Å². The molecule has 44 heavy (non-hydrogen) atoms. The molecule has 3 aromatic rings. The van der Waals surface area contributed by atoms with Crippen LogP contribution in [-0.4, -0.2) is 24.1 Å². The maximum atomic E-state index is 14.7. The van der Waals surface area contributed by atoms with Crippen LogP contribution in [0.4, 0.5) is 48.7 Å². The van der Waals surface area contributed by atoms with Gasteiger partial charge in [-0.2, -0.15) is 39.5 Å². The molecule has 1 fully saturated rings. The van der Waals surface area contributed by atoms with Crippen molar-refractivity contribution in [1.82, 2.24) is 4.90 Å². The zero-order valence-electron chi connectivity index (χ0n) is 23.5. The van der Waals surface area contributed by atoms with E-state index in [1.54, 1.807) is 13.8 Å². The highest BCUT2D eigenvalue weighted by Crippen LogP contribution is 2.43. The van der Waals surface area contributed by atoms with E-state index in [1.165, 1.54) is 20.1 Å². The monoisotopic (exact) mass is 643 g/mol. The average molecular weight is 643 g/mol. The van der Waals surface area contributed by atoms with E-state index in [0.717, 1.165) is 29.2 Å². The van der Waals surface area contributed by atoms with Crippen LogP contribution in [0.2, 0.25) is 0 Å². The number of cyclic esters (lactones) is 1. The minimum absolute atomic E-state index is 0.0218. The molecule has 0 saturated carbocycles. The third-order valence-electron chi connectivity index (χ3n) is 7.33. The molecule has 3 aromatic carbocycles. The molecule has 1 aliphatic heterocycles. The van der Waals surface area contributed by atoms with Crippen LogP contribution < -0.4 is 4.74 Å². The Morgan fingerprint density at radius 1 is 0.818 bits per heavy atom. The summed E-state index contributed by atoms with van der Waals surface area (Å²) >= 11 is 0. The summed E-state index contributed by atoms with van der Waals surface area (Å²) in [5.74, 6) is -0.972. The second kappa shape index (κ2) is 11.5. The van der Waals surface area contributed by atoms with Gasteiger partial charge in [0.2, 0.25) is 0 Å². The summed E-state index contributed by atoms with van der Waals surface area (Å²) in [6, 6.07) is 4.71. The number of benzene rings is 3. The Morgan fingerprint density at radius 2 is 1.39 bits per heavy atom. The van der Waals surface area contributed by atoms with Crippen LogP contribution in [0.25, 0.3) is 11.1 Å². The Labute approximate surface area is 245 Å². The fraction of sp³-hybridized carbons (Fsp3) is 0.367. The Hall–Kier alpha value is -3.97. The second-order valence-electron chi connectivity index (χ2n) is 10.6. The van der Waals surface area contributed by atoms with Gasteiger partial charge in [0, 0.05) is 11.6 Å². The molecule has 1 heterocycles. The number of hydrogen-bond acceptors (Lipinski definition) is 3. The van der Waals surface area contributed by atoms with E-state index in [1.807, 2.05) is 0 Å². The predicted molar refractivity (Wildman–Crippen MR) is 138 cm³/mol. The first-order valence-electron chi connectivity index (χ1n) is 13.1. The highest BCUT2D eigenvalue weighted by Gasteiger charge is 2.44. The molecule has 4 rings (SSSR count). The molecule has 1 amide bonds. The normalized spacial score (nSPS) is 18.4. The quantitative estimate of drug-likeness (QED) is 0.153. The number of carbonyl (C=O) groups excluding carboxylic acids is 1. The highest BCUT2D eigenvalue weighted by atomic mass is 19.4. The van der Waals surface area contributed by atoms with Gasteiger partial charge < -0.3 is 9.47 Å². The maximum Gasteiger partial charge on any atom is 0.416 e. The van der Waals surface area contributed by atoms with Gasteiger partial charge in [-0.15, -0.1) is 0 Å². The van der Waals surface area contributed by atoms with Crippen molar-refractivity contribution in [2.75, 3.05) is 7.11 Å². The van der Waals surface area contributed by atoms with E-state index in [4.69, 9.17) is 9.47 Å². The molecule has 1 saturated heterocycles. The molecule has 1 unspecified atom stereocenters. The lowest BCUT2D eigenvalue weighted by Crippen LogP contribution is -2.32. The molecule has 1 aliphatic rings. The molecular weight excluding hydrogens is 618 g/mol. The predicted octanol–water partition coefficient (Wildman–Crippen LogP) is 9.76. The zero-order valence-corrected chi connectivity index (χ0v) is 23.5. The standard InChI is InChI=1S/C30H25F10NO3/c1-14(2)22-11-23(25(43-4)12-24(22)31)21-6-5-18(28(32,33)34)9-17(21)13-41-15(3)26(44-27(41)42)16-7-19(29(35,36)37)10-20(8-16)30(38,39)40/h5-12,14-15,26H,13H2,1-4H3/t15-,26-/m0/s1/i1+1,3+1,14+1,15+1,26+1,41+1/t14?,15-,26-. The summed E-state index contributed by atoms with van der Waals surface area (Å²) in [7, 11) is 1.23. The Kier molecular flexibility index (Phi) is 8.62. The van der Waals surface area contributed by atoms with Gasteiger partial charge >= 0.3 is 24.6 Å². The number of halogens is 10. The third kappa shape index (κ3) is 6.58. The number of ether oxygens (including phenoxy) is 2. The van der Waals surface area contributed by atoms with Gasteiger partial charge in [-0.1, -0.05) is 19.9 Å². The van der Waals surface area contributed by atoms with Gasteiger partial charge in [0.05, 0.1) is 36.4 Å². The topological polar surface area (TPSA) is 38.8 Å². The Balaban J connectivity index is 1.81. The van der Waals surface area contributed by atoms with Crippen LogP contribution in [0, 0.1) is 5.82 Å². The minimum Gasteiger partial charge on any atom is -0.496 e. The number of amides is 1. The number of alkyl halides is 9. The number of methoxy groups -OCH3 is 1. The average Bonchev–Trinajstić information content (AvgIpc) is 3.19. The van der Waals surface area contributed by atoms with E-state index < -0.39 is 71.4 Å². The summed E-state index contributed by atoms with van der Waals surface area (Å²) < 4.78 is 147. The van der Waals surface area contributed by atoms with E-state index in [-0.39, 0.29) is 40.0 Å². The SMILES string of the molecule is COc1cc(F)c([13CH](C)[13CH3])cc1-c1ccc(C(F)(F)F)cc1C[15N]1C(=O)O[13C@H](c2cc(C(F)(F)F)cc(C(F)(F)F)c2)[13C@@H]1[13CH3]. The lowest BCUT2D eigenvalue weighted by Gasteiger charge is -2.24. The van der Waals surface area contributed by atoms with Crippen LogP contribution in [0.5, 0.6) is 5.75 Å². The van der Waals surface area contributed by atoms with Gasteiger partial charge in [-0.05, 0) is 71.5 Å². The van der Waals surface area contributed by atoms with Crippen LogP contribution in [-0.2, 0) is 29.8 Å². The van der Waals surface area contributed by atoms with Gasteiger partial charge in [-0.3, -0.25) is 4.90 Å². The van der Waals surface area contributed by atoms with E-state index >= 15 is 0 Å². The first-order valence-corrected chi connectivity index (χ1v) is 13.1. The second-order valence-corrected chi connectivity index (χ2v) is 10.6. The van der Waals surface area contributed by atoms with Gasteiger partial charge in [0.15, 0.2) is 0 Å². The van der Waals surface area contributed by atoms with Crippen molar-refractivity contribution in [3.05, 3.63) is 87.7 Å². The first-order chi connectivity index (χ1) is 20.2. The zero-order chi connectivity index (χ0) is 32.9. The third-order valence-corrected chi connectivity index (χ3v) is 7.33. The van der Waals surface area contributed by atoms with Crippen molar-refractivity contribution < 1.29 is 58.2 Å². The van der Waals surface area contributed by atoms with Crippen molar-refractivity contribution >= 4 is 6.09 Å². The summed E-state index contributed by atoms with van der Waals surface area (Å²) in [5, 5.41) is 0. The van der Waals surface area contributed by atoms with Crippen LogP contribution >= 0.6 is 0 Å². The van der Waals surface area contributed by atoms with Gasteiger partial charge in [0.25, 0.3) is 0 Å². The molecule has 238 valence electrons. The van der Waals surface area contributed by atoms with Crippen LogP contribution in [0.15, 0.2) is 48.5 Å².